The summed E-state index contributed by atoms with van der Waals surface area (Å²) in [5.74, 6) is -0.482. The van der Waals surface area contributed by atoms with Crippen LogP contribution in [0.25, 0.3) is 0 Å². The summed E-state index contributed by atoms with van der Waals surface area (Å²) in [5, 5.41) is 0. The first-order valence-electron chi connectivity index (χ1n) is 11.3. The quantitative estimate of drug-likeness (QED) is 0.309. The monoisotopic (exact) mass is 492 g/mol. The number of carbonyl (C=O) groups excluding carboxylic acids is 4. The van der Waals surface area contributed by atoms with E-state index < -0.39 is 0 Å². The molecule has 2 heterocycles. The largest absolute Gasteiger partial charge is 0.491 e. The molecule has 10 heteroatoms. The van der Waals surface area contributed by atoms with Crippen LogP contribution >= 0.6 is 0 Å². The molecule has 36 heavy (non-hydrogen) atoms. The Morgan fingerprint density at radius 1 is 0.500 bits per heavy atom. The molecule has 2 aliphatic heterocycles. The highest BCUT2D eigenvalue weighted by Gasteiger charge is 2.26. The molecule has 2 aromatic carbocycles. The van der Waals surface area contributed by atoms with E-state index in [2.05, 4.69) is 0 Å². The van der Waals surface area contributed by atoms with E-state index in [1.807, 2.05) is 0 Å². The first-order valence-corrected chi connectivity index (χ1v) is 11.3. The van der Waals surface area contributed by atoms with E-state index in [1.54, 1.807) is 48.5 Å². The Morgan fingerprint density at radius 3 is 1.25 bits per heavy atom. The number of imide groups is 2. The molecule has 0 radical (unpaired) electrons. The first-order chi connectivity index (χ1) is 17.5. The fourth-order valence-corrected chi connectivity index (χ4v) is 3.49. The Kier molecular flexibility index (Phi) is 8.22. The van der Waals surface area contributed by atoms with Gasteiger partial charge in [0.15, 0.2) is 0 Å². The second-order valence-corrected chi connectivity index (χ2v) is 7.61. The van der Waals surface area contributed by atoms with Crippen LogP contribution in [0.15, 0.2) is 72.8 Å². The molecule has 0 fully saturated rings. The molecule has 0 saturated heterocycles. The first kappa shape index (κ1) is 24.8. The van der Waals surface area contributed by atoms with Gasteiger partial charge in [-0.05, 0) is 24.3 Å². The van der Waals surface area contributed by atoms with Crippen molar-refractivity contribution in [1.29, 1.82) is 0 Å². The molecule has 2 aliphatic rings. The smallest absolute Gasteiger partial charge is 0.258 e. The minimum Gasteiger partial charge on any atom is -0.491 e. The van der Waals surface area contributed by atoms with Crippen LogP contribution in [0.3, 0.4) is 0 Å². The number of hydrogen-bond acceptors (Lipinski definition) is 8. The average molecular weight is 492 g/mol. The van der Waals surface area contributed by atoms with Crippen LogP contribution in [0.4, 0.5) is 11.4 Å². The van der Waals surface area contributed by atoms with E-state index in [4.69, 9.17) is 18.9 Å². The van der Waals surface area contributed by atoms with Gasteiger partial charge in [-0.1, -0.05) is 12.1 Å². The Balaban J connectivity index is 1.07. The van der Waals surface area contributed by atoms with Crippen molar-refractivity contribution in [2.24, 2.45) is 0 Å². The van der Waals surface area contributed by atoms with E-state index in [0.717, 1.165) is 9.80 Å². The van der Waals surface area contributed by atoms with E-state index in [-0.39, 0.29) is 23.6 Å². The van der Waals surface area contributed by atoms with Crippen LogP contribution in [-0.2, 0) is 28.7 Å². The van der Waals surface area contributed by atoms with E-state index in [0.29, 0.717) is 62.5 Å². The Hall–Kier alpha value is -4.28. The summed E-state index contributed by atoms with van der Waals surface area (Å²) in [6.07, 6.45) is 4.93. The van der Waals surface area contributed by atoms with Crippen molar-refractivity contribution in [3.05, 3.63) is 72.8 Å². The van der Waals surface area contributed by atoms with Gasteiger partial charge in [-0.2, -0.15) is 0 Å². The molecule has 186 valence electrons. The van der Waals surface area contributed by atoms with Crippen LogP contribution in [0.5, 0.6) is 11.5 Å². The average Bonchev–Trinajstić information content (AvgIpc) is 3.40. The van der Waals surface area contributed by atoms with Crippen LogP contribution in [0.2, 0.25) is 0 Å². The van der Waals surface area contributed by atoms with Gasteiger partial charge in [0.1, 0.15) is 24.7 Å². The van der Waals surface area contributed by atoms with Crippen molar-refractivity contribution in [3.63, 3.8) is 0 Å². The van der Waals surface area contributed by atoms with Gasteiger partial charge in [-0.15, -0.1) is 0 Å². The fourth-order valence-electron chi connectivity index (χ4n) is 3.49. The molecule has 0 aliphatic carbocycles. The van der Waals surface area contributed by atoms with Crippen molar-refractivity contribution in [2.45, 2.75) is 0 Å². The predicted molar refractivity (Wildman–Crippen MR) is 129 cm³/mol. The summed E-state index contributed by atoms with van der Waals surface area (Å²) < 4.78 is 22.2. The fraction of sp³-hybridized carbons (Fsp3) is 0.231. The molecule has 4 amide bonds. The normalized spacial score (nSPS) is 14.9. The van der Waals surface area contributed by atoms with Crippen LogP contribution < -0.4 is 19.3 Å². The van der Waals surface area contributed by atoms with Gasteiger partial charge in [0.2, 0.25) is 0 Å². The number of rotatable bonds is 13. The molecule has 0 atom stereocenters. The molecule has 10 nitrogen and oxygen atoms in total. The predicted octanol–water partition coefficient (Wildman–Crippen LogP) is 2.04. The zero-order valence-corrected chi connectivity index (χ0v) is 19.3. The highest BCUT2D eigenvalue weighted by molar-refractivity contribution is 6.28. The van der Waals surface area contributed by atoms with Crippen LogP contribution in [-0.4, -0.2) is 63.3 Å². The number of hydrogen-bond donors (Lipinski definition) is 0. The highest BCUT2D eigenvalue weighted by atomic mass is 16.6. The van der Waals surface area contributed by atoms with Crippen LogP contribution in [0, 0.1) is 0 Å². The molecule has 0 spiro atoms. The Labute approximate surface area is 207 Å². The Morgan fingerprint density at radius 2 is 0.861 bits per heavy atom. The van der Waals surface area contributed by atoms with E-state index in [9.17, 15) is 19.2 Å². The third-order valence-electron chi connectivity index (χ3n) is 5.13. The lowest BCUT2D eigenvalue weighted by molar-refractivity contribution is -0.121. The van der Waals surface area contributed by atoms with Crippen molar-refractivity contribution in [1.82, 2.24) is 0 Å². The molecule has 0 unspecified atom stereocenters. The lowest BCUT2D eigenvalue weighted by atomic mass is 10.2. The summed E-state index contributed by atoms with van der Waals surface area (Å²) in [7, 11) is 0. The lowest BCUT2D eigenvalue weighted by Gasteiger charge is -2.15. The van der Waals surface area contributed by atoms with Gasteiger partial charge in [0.25, 0.3) is 23.6 Å². The zero-order chi connectivity index (χ0) is 25.3. The van der Waals surface area contributed by atoms with Gasteiger partial charge in [0.05, 0.1) is 37.8 Å². The summed E-state index contributed by atoms with van der Waals surface area (Å²) in [4.78, 5) is 49.3. The van der Waals surface area contributed by atoms with Crippen molar-refractivity contribution in [2.75, 3.05) is 49.4 Å². The van der Waals surface area contributed by atoms with Crippen LogP contribution in [0.1, 0.15) is 0 Å². The SMILES string of the molecule is O=C1C=CC(=O)N1c1cccc(OCCOCCOCCOc2cccc(N3C(=O)C=CC3=O)c2)c1. The third-order valence-corrected chi connectivity index (χ3v) is 5.13. The number of carbonyl (C=O) groups is 4. The number of amides is 4. The number of anilines is 2. The molecular formula is C26H24N2O8. The summed E-state index contributed by atoms with van der Waals surface area (Å²) in [6.45, 7) is 1.99. The molecular weight excluding hydrogens is 468 g/mol. The summed E-state index contributed by atoms with van der Waals surface area (Å²) in [6, 6.07) is 13.5. The van der Waals surface area contributed by atoms with E-state index >= 15 is 0 Å². The topological polar surface area (TPSA) is 112 Å². The summed E-state index contributed by atoms with van der Waals surface area (Å²) >= 11 is 0. The minimum atomic E-state index is -0.382. The summed E-state index contributed by atoms with van der Waals surface area (Å²) in [5.41, 5.74) is 0.900. The highest BCUT2D eigenvalue weighted by Crippen LogP contribution is 2.25. The van der Waals surface area contributed by atoms with Gasteiger partial charge in [-0.25, -0.2) is 9.80 Å². The van der Waals surface area contributed by atoms with E-state index in [1.165, 1.54) is 24.3 Å². The molecule has 0 aromatic heterocycles. The second-order valence-electron chi connectivity index (χ2n) is 7.61. The maximum Gasteiger partial charge on any atom is 0.258 e. The standard InChI is InChI=1S/C26H24N2O8/c29-23-7-8-24(30)27(23)19-3-1-5-21(17-19)35-15-13-33-11-12-34-14-16-36-22-6-2-4-20(18-22)28-25(31)9-10-26(28)32/h1-10,17-18H,11-16H2. The molecule has 0 N–H and O–H groups in total. The van der Waals surface area contributed by atoms with Gasteiger partial charge >= 0.3 is 0 Å². The maximum atomic E-state index is 11.8. The maximum absolute atomic E-state index is 11.8. The number of ether oxygens (including phenoxy) is 4. The second kappa shape index (κ2) is 11.9. The Bertz CT molecular complexity index is 1080. The third kappa shape index (κ3) is 6.23. The van der Waals surface area contributed by atoms with Gasteiger partial charge in [0, 0.05) is 36.4 Å². The van der Waals surface area contributed by atoms with Gasteiger partial charge < -0.3 is 18.9 Å². The minimum absolute atomic E-state index is 0.292. The van der Waals surface area contributed by atoms with Crippen molar-refractivity contribution < 1.29 is 38.1 Å². The van der Waals surface area contributed by atoms with Crippen molar-refractivity contribution >= 4 is 35.0 Å². The number of benzene rings is 2. The molecule has 0 bridgehead atoms. The van der Waals surface area contributed by atoms with Gasteiger partial charge in [-0.3, -0.25) is 19.2 Å². The number of nitrogens with zero attached hydrogens (tertiary/aromatic N) is 2. The molecule has 0 saturated carbocycles. The van der Waals surface area contributed by atoms with Crippen molar-refractivity contribution in [3.8, 4) is 11.5 Å². The molecule has 4 rings (SSSR count). The molecule has 2 aromatic rings. The lowest BCUT2D eigenvalue weighted by Crippen LogP contribution is -2.29. The zero-order valence-electron chi connectivity index (χ0n) is 19.3.